The number of amides is 1. The van der Waals surface area contributed by atoms with E-state index in [0.717, 1.165) is 31.5 Å². The Hall–Kier alpha value is -2.82. The molecule has 30 heavy (non-hydrogen) atoms. The lowest BCUT2D eigenvalue weighted by atomic mass is 9.96. The Balaban J connectivity index is 1.77. The molecule has 2 N–H and O–H groups in total. The van der Waals surface area contributed by atoms with Gasteiger partial charge in [0.25, 0.3) is 0 Å². The third-order valence-electron chi connectivity index (χ3n) is 5.73. The van der Waals surface area contributed by atoms with Crippen molar-refractivity contribution in [3.63, 3.8) is 0 Å². The number of nitrogens with one attached hydrogen (secondary N) is 1. The van der Waals surface area contributed by atoms with E-state index < -0.39 is 5.97 Å². The summed E-state index contributed by atoms with van der Waals surface area (Å²) >= 11 is 0. The van der Waals surface area contributed by atoms with Crippen molar-refractivity contribution in [1.82, 2.24) is 5.32 Å². The molecule has 1 saturated heterocycles. The fraction of sp³-hybridized carbons (Fsp3) is 0.440. The second-order valence-corrected chi connectivity index (χ2v) is 8.20. The zero-order chi connectivity index (χ0) is 21.5. The van der Waals surface area contributed by atoms with Gasteiger partial charge < -0.3 is 15.3 Å². The molecular formula is C25H32N2O3. The molecule has 1 aliphatic rings. The molecule has 2 aromatic rings. The second kappa shape index (κ2) is 10.3. The monoisotopic (exact) mass is 408 g/mol. The predicted octanol–water partition coefficient (Wildman–Crippen LogP) is 4.88. The molecule has 1 fully saturated rings. The van der Waals surface area contributed by atoms with E-state index in [1.54, 1.807) is 24.3 Å². The highest BCUT2D eigenvalue weighted by atomic mass is 16.4. The van der Waals surface area contributed by atoms with Gasteiger partial charge in [0.2, 0.25) is 5.91 Å². The molecule has 0 radical (unpaired) electrons. The highest BCUT2D eigenvalue weighted by molar-refractivity contribution is 5.87. The van der Waals surface area contributed by atoms with Crippen molar-refractivity contribution in [2.24, 2.45) is 0 Å². The molecule has 1 heterocycles. The Morgan fingerprint density at radius 1 is 1.07 bits per heavy atom. The lowest BCUT2D eigenvalue weighted by Crippen LogP contribution is -2.34. The SMILES string of the molecule is CCCC(NC(=O)Cc1ccc(C(=O)O)cc1)c1cc(C)ccc1N1CCCCC1. The normalized spacial score (nSPS) is 14.9. The Bertz CT molecular complexity index is 870. The molecule has 3 rings (SSSR count). The van der Waals surface area contributed by atoms with E-state index in [2.05, 4.69) is 42.3 Å². The van der Waals surface area contributed by atoms with Crippen LogP contribution in [0.3, 0.4) is 0 Å². The van der Waals surface area contributed by atoms with E-state index in [1.807, 2.05) is 0 Å². The van der Waals surface area contributed by atoms with Crippen LogP contribution in [-0.2, 0) is 11.2 Å². The fourth-order valence-electron chi connectivity index (χ4n) is 4.17. The minimum atomic E-state index is -0.960. The smallest absolute Gasteiger partial charge is 0.335 e. The highest BCUT2D eigenvalue weighted by Gasteiger charge is 2.22. The Morgan fingerprint density at radius 3 is 2.40 bits per heavy atom. The number of hydrogen-bond donors (Lipinski definition) is 2. The molecular weight excluding hydrogens is 376 g/mol. The van der Waals surface area contributed by atoms with Crippen molar-refractivity contribution < 1.29 is 14.7 Å². The number of carboxylic acid groups (broad SMARTS) is 1. The molecule has 0 saturated carbocycles. The van der Waals surface area contributed by atoms with E-state index in [1.165, 1.54) is 36.1 Å². The average molecular weight is 409 g/mol. The number of aromatic carboxylic acids is 1. The summed E-state index contributed by atoms with van der Waals surface area (Å²) < 4.78 is 0. The highest BCUT2D eigenvalue weighted by Crippen LogP contribution is 2.32. The molecule has 0 bridgehead atoms. The maximum absolute atomic E-state index is 12.8. The van der Waals surface area contributed by atoms with Gasteiger partial charge in [0.05, 0.1) is 18.0 Å². The summed E-state index contributed by atoms with van der Waals surface area (Å²) in [6.45, 7) is 6.37. The van der Waals surface area contributed by atoms with E-state index in [9.17, 15) is 9.59 Å². The fourth-order valence-corrected chi connectivity index (χ4v) is 4.17. The van der Waals surface area contributed by atoms with Gasteiger partial charge in [0.15, 0.2) is 0 Å². The van der Waals surface area contributed by atoms with Crippen LogP contribution in [-0.4, -0.2) is 30.1 Å². The van der Waals surface area contributed by atoms with Crippen molar-refractivity contribution >= 4 is 17.6 Å². The number of anilines is 1. The first kappa shape index (κ1) is 21.9. The zero-order valence-electron chi connectivity index (χ0n) is 18.0. The van der Waals surface area contributed by atoms with Crippen molar-refractivity contribution in [3.8, 4) is 0 Å². The van der Waals surface area contributed by atoms with Crippen LogP contribution in [0.25, 0.3) is 0 Å². The number of rotatable bonds is 8. The molecule has 0 spiro atoms. The molecule has 0 aromatic heterocycles. The van der Waals surface area contributed by atoms with Gasteiger partial charge in [-0.05, 0) is 61.9 Å². The van der Waals surface area contributed by atoms with Gasteiger partial charge in [-0.1, -0.05) is 43.2 Å². The molecule has 5 heteroatoms. The molecule has 0 aliphatic carbocycles. The van der Waals surface area contributed by atoms with Crippen LogP contribution in [0.1, 0.15) is 72.1 Å². The van der Waals surface area contributed by atoms with E-state index in [0.29, 0.717) is 0 Å². The van der Waals surface area contributed by atoms with Crippen LogP contribution in [0.5, 0.6) is 0 Å². The maximum Gasteiger partial charge on any atom is 0.335 e. The van der Waals surface area contributed by atoms with Crippen molar-refractivity contribution in [2.45, 2.75) is 58.4 Å². The number of nitrogens with zero attached hydrogens (tertiary/aromatic N) is 1. The van der Waals surface area contributed by atoms with Crippen molar-refractivity contribution in [3.05, 3.63) is 64.7 Å². The topological polar surface area (TPSA) is 69.6 Å². The first-order chi connectivity index (χ1) is 14.5. The number of aryl methyl sites for hydroxylation is 1. The molecule has 160 valence electrons. The lowest BCUT2D eigenvalue weighted by Gasteiger charge is -2.33. The van der Waals surface area contributed by atoms with E-state index in [4.69, 9.17) is 5.11 Å². The van der Waals surface area contributed by atoms with Gasteiger partial charge in [0.1, 0.15) is 0 Å². The van der Waals surface area contributed by atoms with Crippen LogP contribution in [0, 0.1) is 6.92 Å². The standard InChI is InChI=1S/C25H32N2O3/c1-3-7-22(26-24(28)17-19-9-11-20(12-10-19)25(29)30)21-16-18(2)8-13-23(21)27-14-5-4-6-15-27/h8-13,16,22H,3-7,14-15,17H2,1-2H3,(H,26,28)(H,29,30). The molecule has 2 aromatic carbocycles. The van der Waals surface area contributed by atoms with Gasteiger partial charge >= 0.3 is 5.97 Å². The van der Waals surface area contributed by atoms with Gasteiger partial charge in [-0.3, -0.25) is 4.79 Å². The molecule has 1 atom stereocenters. The Labute approximate surface area is 179 Å². The minimum absolute atomic E-state index is 0.0300. The van der Waals surface area contributed by atoms with E-state index in [-0.39, 0.29) is 23.9 Å². The minimum Gasteiger partial charge on any atom is -0.478 e. The number of carbonyl (C=O) groups excluding carboxylic acids is 1. The number of carbonyl (C=O) groups is 2. The summed E-state index contributed by atoms with van der Waals surface area (Å²) in [5, 5.41) is 12.3. The van der Waals surface area contributed by atoms with Crippen molar-refractivity contribution in [1.29, 1.82) is 0 Å². The van der Waals surface area contributed by atoms with Gasteiger partial charge in [-0.2, -0.15) is 0 Å². The Morgan fingerprint density at radius 2 is 1.77 bits per heavy atom. The lowest BCUT2D eigenvalue weighted by molar-refractivity contribution is -0.121. The first-order valence-corrected chi connectivity index (χ1v) is 10.9. The molecule has 1 unspecified atom stereocenters. The summed E-state index contributed by atoms with van der Waals surface area (Å²) in [4.78, 5) is 26.3. The third kappa shape index (κ3) is 5.62. The van der Waals surface area contributed by atoms with Gasteiger partial charge in [-0.15, -0.1) is 0 Å². The van der Waals surface area contributed by atoms with Crippen LogP contribution in [0.2, 0.25) is 0 Å². The van der Waals surface area contributed by atoms with Gasteiger partial charge in [-0.25, -0.2) is 4.79 Å². The quantitative estimate of drug-likeness (QED) is 0.653. The first-order valence-electron chi connectivity index (χ1n) is 10.9. The number of hydrogen-bond acceptors (Lipinski definition) is 3. The number of piperidine rings is 1. The summed E-state index contributed by atoms with van der Waals surface area (Å²) in [5.41, 5.74) is 4.69. The molecule has 1 amide bonds. The number of benzene rings is 2. The summed E-state index contributed by atoms with van der Waals surface area (Å²) in [6, 6.07) is 13.1. The van der Waals surface area contributed by atoms with Crippen LogP contribution in [0.4, 0.5) is 5.69 Å². The maximum atomic E-state index is 12.8. The van der Waals surface area contributed by atoms with Crippen molar-refractivity contribution in [2.75, 3.05) is 18.0 Å². The Kier molecular flexibility index (Phi) is 7.50. The number of carboxylic acids is 1. The molecule has 1 aliphatic heterocycles. The van der Waals surface area contributed by atoms with Crippen LogP contribution in [0.15, 0.2) is 42.5 Å². The predicted molar refractivity (Wildman–Crippen MR) is 120 cm³/mol. The van der Waals surface area contributed by atoms with Gasteiger partial charge in [0, 0.05) is 18.8 Å². The zero-order valence-corrected chi connectivity index (χ0v) is 18.0. The van der Waals surface area contributed by atoms with Crippen LogP contribution >= 0.6 is 0 Å². The molecule has 5 nitrogen and oxygen atoms in total. The average Bonchev–Trinajstić information content (AvgIpc) is 2.74. The second-order valence-electron chi connectivity index (χ2n) is 8.20. The summed E-state index contributed by atoms with van der Waals surface area (Å²) in [6.07, 6.45) is 5.81. The summed E-state index contributed by atoms with van der Waals surface area (Å²) in [5.74, 6) is -0.999. The summed E-state index contributed by atoms with van der Waals surface area (Å²) in [7, 11) is 0. The van der Waals surface area contributed by atoms with E-state index >= 15 is 0 Å². The third-order valence-corrected chi connectivity index (χ3v) is 5.73. The van der Waals surface area contributed by atoms with Crippen LogP contribution < -0.4 is 10.2 Å². The largest absolute Gasteiger partial charge is 0.478 e.